The van der Waals surface area contributed by atoms with Crippen molar-refractivity contribution in [2.45, 2.75) is 251 Å². The molecule has 2 unspecified atom stereocenters. The zero-order chi connectivity index (χ0) is 42.8. The van der Waals surface area contributed by atoms with Gasteiger partial charge in [0.15, 0.2) is 6.10 Å². The van der Waals surface area contributed by atoms with Crippen LogP contribution in [0, 0.1) is 0 Å². The predicted molar refractivity (Wildman–Crippen MR) is 243 cm³/mol. The summed E-state index contributed by atoms with van der Waals surface area (Å²) < 4.78 is 34.4. The average Bonchev–Trinajstić information content (AvgIpc) is 3.17. The summed E-state index contributed by atoms with van der Waals surface area (Å²) in [5, 5.41) is 0. The predicted octanol–water partition coefficient (Wildman–Crippen LogP) is 14.4. The van der Waals surface area contributed by atoms with Gasteiger partial charge in [-0.25, -0.2) is 4.57 Å². The lowest BCUT2D eigenvalue weighted by Crippen LogP contribution is -2.37. The molecule has 346 valence electrons. The van der Waals surface area contributed by atoms with E-state index in [9.17, 15) is 19.0 Å². The number of quaternary nitrogens is 1. The Kier molecular flexibility index (Phi) is 40.7. The lowest BCUT2D eigenvalue weighted by atomic mass is 10.0. The number of likely N-dealkylation sites (N-methyl/N-ethyl adjacent to an activating group) is 1. The second kappa shape index (κ2) is 41.4. The highest BCUT2D eigenvalue weighted by Crippen LogP contribution is 2.43. The number of phosphoric acid groups is 1. The summed E-state index contributed by atoms with van der Waals surface area (Å²) in [5.41, 5.74) is 0. The van der Waals surface area contributed by atoms with Crippen molar-refractivity contribution in [1.29, 1.82) is 0 Å². The highest BCUT2D eigenvalue weighted by molar-refractivity contribution is 7.47. The normalized spacial score (nSPS) is 13.4. The summed E-state index contributed by atoms with van der Waals surface area (Å²) in [6.07, 6.45) is 42.9. The van der Waals surface area contributed by atoms with Crippen molar-refractivity contribution in [2.24, 2.45) is 0 Å². The number of nitrogens with zero attached hydrogens (tertiary/aromatic N) is 1. The van der Waals surface area contributed by atoms with Gasteiger partial charge >= 0.3 is 19.8 Å². The highest BCUT2D eigenvalue weighted by Gasteiger charge is 2.27. The Balaban J connectivity index is 4.19. The Morgan fingerprint density at radius 3 is 1.10 bits per heavy atom. The van der Waals surface area contributed by atoms with Crippen LogP contribution >= 0.6 is 7.82 Å². The molecule has 0 aromatic carbocycles. The van der Waals surface area contributed by atoms with Crippen molar-refractivity contribution < 1.29 is 42.1 Å². The van der Waals surface area contributed by atoms with Crippen LogP contribution in [0.3, 0.4) is 0 Å². The first-order valence-electron chi connectivity index (χ1n) is 24.8. The molecule has 0 heterocycles. The van der Waals surface area contributed by atoms with Crippen molar-refractivity contribution in [1.82, 2.24) is 0 Å². The quantitative estimate of drug-likeness (QED) is 0.0279. The molecule has 0 spiro atoms. The number of carbonyl (C=O) groups is 2. The number of hydrogen-bond acceptors (Lipinski definition) is 7. The molecule has 0 fully saturated rings. The maximum absolute atomic E-state index is 12.7. The molecule has 0 saturated carbocycles. The molecule has 10 heteroatoms. The zero-order valence-electron chi connectivity index (χ0n) is 39.1. The first-order chi connectivity index (χ1) is 28.0. The summed E-state index contributed by atoms with van der Waals surface area (Å²) in [6, 6.07) is 0. The van der Waals surface area contributed by atoms with Crippen LogP contribution in [-0.2, 0) is 32.7 Å². The van der Waals surface area contributed by atoms with Crippen LogP contribution in [0.25, 0.3) is 0 Å². The van der Waals surface area contributed by atoms with E-state index in [4.69, 9.17) is 18.5 Å². The van der Waals surface area contributed by atoms with Gasteiger partial charge in [0.05, 0.1) is 27.7 Å². The summed E-state index contributed by atoms with van der Waals surface area (Å²) in [7, 11) is 1.50. The average molecular weight is 847 g/mol. The molecule has 0 rings (SSSR count). The topological polar surface area (TPSA) is 108 Å². The van der Waals surface area contributed by atoms with E-state index in [0.717, 1.165) is 38.5 Å². The molecule has 0 aliphatic carbocycles. The van der Waals surface area contributed by atoms with Crippen LogP contribution in [0.2, 0.25) is 0 Å². The summed E-state index contributed by atoms with van der Waals surface area (Å²) in [4.78, 5) is 35.5. The third-order valence-corrected chi connectivity index (χ3v) is 12.1. The highest BCUT2D eigenvalue weighted by atomic mass is 31.2. The SMILES string of the molecule is CCCCCCCCCCCCCCCCCCCCCCC(=O)OCC(COP(=O)(O)OCC[N+](C)(C)C)OC(=O)CCCCCCCCCCCCCCCC. The largest absolute Gasteiger partial charge is 0.472 e. The number of unbranched alkanes of at least 4 members (excludes halogenated alkanes) is 32. The molecule has 0 aromatic rings. The van der Waals surface area contributed by atoms with Gasteiger partial charge in [0.1, 0.15) is 19.8 Å². The molecule has 1 N–H and O–H groups in total. The van der Waals surface area contributed by atoms with E-state index in [1.807, 2.05) is 21.1 Å². The third-order valence-electron chi connectivity index (χ3n) is 11.1. The number of phosphoric ester groups is 1. The van der Waals surface area contributed by atoms with E-state index < -0.39 is 26.5 Å². The van der Waals surface area contributed by atoms with Gasteiger partial charge < -0.3 is 18.9 Å². The molecular formula is C48H97NO8P+. The van der Waals surface area contributed by atoms with Gasteiger partial charge in [-0.15, -0.1) is 0 Å². The monoisotopic (exact) mass is 847 g/mol. The maximum Gasteiger partial charge on any atom is 0.472 e. The standard InChI is InChI=1S/C48H96NO8P/c1-6-8-10-12-14-16-18-20-22-23-24-25-26-27-29-30-32-34-36-38-40-47(50)54-44-46(45-56-58(52,53)55-43-42-49(3,4)5)57-48(51)41-39-37-35-33-31-28-21-19-17-15-13-11-9-7-2/h46H,6-45H2,1-5H3/p+1. The molecule has 0 amide bonds. The van der Waals surface area contributed by atoms with E-state index in [0.29, 0.717) is 17.4 Å². The first kappa shape index (κ1) is 57.0. The van der Waals surface area contributed by atoms with Gasteiger partial charge in [0.25, 0.3) is 0 Å². The smallest absolute Gasteiger partial charge is 0.462 e. The van der Waals surface area contributed by atoms with Gasteiger partial charge in [-0.05, 0) is 12.8 Å². The van der Waals surface area contributed by atoms with E-state index in [2.05, 4.69) is 13.8 Å². The van der Waals surface area contributed by atoms with Crippen LogP contribution in [0.1, 0.15) is 245 Å². The molecule has 0 aliphatic rings. The fraction of sp³-hybridized carbons (Fsp3) is 0.958. The van der Waals surface area contributed by atoms with Crippen LogP contribution in [-0.4, -0.2) is 74.9 Å². The van der Waals surface area contributed by atoms with Crippen molar-refractivity contribution in [3.05, 3.63) is 0 Å². The minimum Gasteiger partial charge on any atom is -0.462 e. The summed E-state index contributed by atoms with van der Waals surface area (Å²) in [6.45, 7) is 4.48. The van der Waals surface area contributed by atoms with Crippen molar-refractivity contribution in [2.75, 3.05) is 47.5 Å². The Hall–Kier alpha value is -0.990. The number of carbonyl (C=O) groups excluding carboxylic acids is 2. The fourth-order valence-corrected chi connectivity index (χ4v) is 7.99. The molecule has 9 nitrogen and oxygen atoms in total. The van der Waals surface area contributed by atoms with Gasteiger partial charge in [-0.3, -0.25) is 18.6 Å². The number of esters is 2. The Morgan fingerprint density at radius 1 is 0.466 bits per heavy atom. The van der Waals surface area contributed by atoms with E-state index in [1.165, 1.54) is 180 Å². The first-order valence-corrected chi connectivity index (χ1v) is 26.3. The second-order valence-electron chi connectivity index (χ2n) is 18.2. The minimum atomic E-state index is -4.37. The number of hydrogen-bond donors (Lipinski definition) is 1. The molecule has 0 bridgehead atoms. The third kappa shape index (κ3) is 44.6. The van der Waals surface area contributed by atoms with E-state index in [1.54, 1.807) is 0 Å². The van der Waals surface area contributed by atoms with Crippen molar-refractivity contribution in [3.8, 4) is 0 Å². The number of ether oxygens (including phenoxy) is 2. The number of rotatable bonds is 46. The molecule has 0 radical (unpaired) electrons. The molecular weight excluding hydrogens is 750 g/mol. The van der Waals surface area contributed by atoms with Gasteiger partial charge in [-0.2, -0.15) is 0 Å². The molecule has 0 aromatic heterocycles. The Bertz CT molecular complexity index is 958. The molecule has 58 heavy (non-hydrogen) atoms. The van der Waals surface area contributed by atoms with E-state index >= 15 is 0 Å². The second-order valence-corrected chi connectivity index (χ2v) is 19.7. The van der Waals surface area contributed by atoms with Gasteiger partial charge in [-0.1, -0.05) is 219 Å². The Labute approximate surface area is 359 Å². The lowest BCUT2D eigenvalue weighted by Gasteiger charge is -2.24. The van der Waals surface area contributed by atoms with Crippen molar-refractivity contribution >= 4 is 19.8 Å². The molecule has 0 aliphatic heterocycles. The van der Waals surface area contributed by atoms with Gasteiger partial charge in [0.2, 0.25) is 0 Å². The summed E-state index contributed by atoms with van der Waals surface area (Å²) >= 11 is 0. The molecule has 0 saturated heterocycles. The van der Waals surface area contributed by atoms with Crippen LogP contribution in [0.5, 0.6) is 0 Å². The Morgan fingerprint density at radius 2 is 0.776 bits per heavy atom. The lowest BCUT2D eigenvalue weighted by molar-refractivity contribution is -0.870. The maximum atomic E-state index is 12.7. The minimum absolute atomic E-state index is 0.0370. The van der Waals surface area contributed by atoms with Crippen molar-refractivity contribution in [3.63, 3.8) is 0 Å². The fourth-order valence-electron chi connectivity index (χ4n) is 7.25. The van der Waals surface area contributed by atoms with E-state index in [-0.39, 0.29) is 25.6 Å². The molecule has 2 atom stereocenters. The zero-order valence-corrected chi connectivity index (χ0v) is 40.0. The van der Waals surface area contributed by atoms with Gasteiger partial charge in [0, 0.05) is 12.8 Å². The summed E-state index contributed by atoms with van der Waals surface area (Å²) in [5.74, 6) is -0.779. The van der Waals surface area contributed by atoms with Crippen LogP contribution in [0.4, 0.5) is 0 Å². The van der Waals surface area contributed by atoms with Crippen LogP contribution in [0.15, 0.2) is 0 Å². The van der Waals surface area contributed by atoms with Crippen LogP contribution < -0.4 is 0 Å².